The second-order valence-electron chi connectivity index (χ2n) is 3.73. The smallest absolute Gasteiger partial charge is 0.0133 e. The van der Waals surface area contributed by atoms with Gasteiger partial charge >= 0.3 is 0 Å². The molecule has 1 aliphatic carbocycles. The van der Waals surface area contributed by atoms with Crippen LogP contribution in [0.2, 0.25) is 0 Å². The van der Waals surface area contributed by atoms with E-state index in [-0.39, 0.29) is 0 Å². The summed E-state index contributed by atoms with van der Waals surface area (Å²) in [6, 6.07) is 8.95. The minimum absolute atomic E-state index is 0.871. The molecule has 0 radical (unpaired) electrons. The molecule has 2 rings (SSSR count). The summed E-state index contributed by atoms with van der Waals surface area (Å²) >= 11 is 0. The summed E-state index contributed by atoms with van der Waals surface area (Å²) in [5.74, 6) is 1.80. The normalized spacial score (nSPS) is 28.5. The molecule has 0 unspecified atom stereocenters. The standard InChI is InChI=1S/C11H14/c1-8-3-5-10(6-4-8)11-7-9(11)2/h3-6,9,11H,7H2,1-2H3/t9-,11-/m1/s1. The Kier molecular flexibility index (Phi) is 1.49. The van der Waals surface area contributed by atoms with E-state index < -0.39 is 0 Å². The van der Waals surface area contributed by atoms with E-state index in [2.05, 4.69) is 38.1 Å². The predicted octanol–water partition coefficient (Wildman–Crippen LogP) is 3.12. The minimum atomic E-state index is 0.871. The molecule has 11 heavy (non-hydrogen) atoms. The summed E-state index contributed by atoms with van der Waals surface area (Å²) < 4.78 is 0. The number of rotatable bonds is 1. The van der Waals surface area contributed by atoms with E-state index in [4.69, 9.17) is 0 Å². The van der Waals surface area contributed by atoms with Crippen LogP contribution >= 0.6 is 0 Å². The van der Waals surface area contributed by atoms with Crippen molar-refractivity contribution >= 4 is 0 Å². The molecule has 1 aromatic rings. The third kappa shape index (κ3) is 1.30. The lowest BCUT2D eigenvalue weighted by atomic mass is 10.1. The first-order valence-corrected chi connectivity index (χ1v) is 4.34. The van der Waals surface area contributed by atoms with E-state index in [0.717, 1.165) is 11.8 Å². The highest BCUT2D eigenvalue weighted by atomic mass is 14.4. The fourth-order valence-corrected chi connectivity index (χ4v) is 1.60. The molecule has 0 heteroatoms. The van der Waals surface area contributed by atoms with Crippen LogP contribution in [-0.2, 0) is 0 Å². The van der Waals surface area contributed by atoms with Gasteiger partial charge in [-0.2, -0.15) is 0 Å². The van der Waals surface area contributed by atoms with Crippen molar-refractivity contribution in [2.75, 3.05) is 0 Å². The van der Waals surface area contributed by atoms with Gasteiger partial charge in [0.25, 0.3) is 0 Å². The molecule has 0 saturated heterocycles. The zero-order chi connectivity index (χ0) is 7.84. The van der Waals surface area contributed by atoms with Crippen molar-refractivity contribution in [1.82, 2.24) is 0 Å². The highest BCUT2D eigenvalue weighted by Gasteiger charge is 2.33. The Balaban J connectivity index is 2.21. The van der Waals surface area contributed by atoms with Crippen molar-refractivity contribution < 1.29 is 0 Å². The third-order valence-corrected chi connectivity index (χ3v) is 2.61. The van der Waals surface area contributed by atoms with Gasteiger partial charge in [0.15, 0.2) is 0 Å². The van der Waals surface area contributed by atoms with Crippen LogP contribution in [0.15, 0.2) is 24.3 Å². The Morgan fingerprint density at radius 1 is 1.18 bits per heavy atom. The fourth-order valence-electron chi connectivity index (χ4n) is 1.60. The van der Waals surface area contributed by atoms with Gasteiger partial charge in [0, 0.05) is 0 Å². The molecule has 58 valence electrons. The van der Waals surface area contributed by atoms with E-state index in [9.17, 15) is 0 Å². The molecule has 0 spiro atoms. The monoisotopic (exact) mass is 146 g/mol. The van der Waals surface area contributed by atoms with Crippen LogP contribution in [0.4, 0.5) is 0 Å². The summed E-state index contributed by atoms with van der Waals surface area (Å²) in [6.07, 6.45) is 1.39. The van der Waals surface area contributed by atoms with Crippen LogP contribution in [0.25, 0.3) is 0 Å². The SMILES string of the molecule is Cc1ccc([C@@H]2C[C@H]2C)cc1. The van der Waals surface area contributed by atoms with Crippen LogP contribution in [-0.4, -0.2) is 0 Å². The van der Waals surface area contributed by atoms with Gasteiger partial charge in [-0.15, -0.1) is 0 Å². The zero-order valence-electron chi connectivity index (χ0n) is 7.17. The average Bonchev–Trinajstić information content (AvgIpc) is 2.69. The first-order chi connectivity index (χ1) is 5.27. The maximum atomic E-state index is 2.32. The average molecular weight is 146 g/mol. The number of hydrogen-bond acceptors (Lipinski definition) is 0. The molecule has 0 amide bonds. The molecule has 0 nitrogen and oxygen atoms in total. The molecular weight excluding hydrogens is 132 g/mol. The first kappa shape index (κ1) is 6.90. The summed E-state index contributed by atoms with van der Waals surface area (Å²) in [4.78, 5) is 0. The van der Waals surface area contributed by atoms with E-state index in [1.54, 1.807) is 0 Å². The highest BCUT2D eigenvalue weighted by molar-refractivity contribution is 5.28. The Morgan fingerprint density at radius 2 is 1.73 bits per heavy atom. The first-order valence-electron chi connectivity index (χ1n) is 4.34. The van der Waals surface area contributed by atoms with Gasteiger partial charge in [0.05, 0.1) is 0 Å². The molecule has 0 heterocycles. The van der Waals surface area contributed by atoms with Crippen molar-refractivity contribution in [3.8, 4) is 0 Å². The highest BCUT2D eigenvalue weighted by Crippen LogP contribution is 2.46. The van der Waals surface area contributed by atoms with Crippen LogP contribution < -0.4 is 0 Å². The van der Waals surface area contributed by atoms with Crippen molar-refractivity contribution in [3.63, 3.8) is 0 Å². The minimum Gasteiger partial charge on any atom is -0.0619 e. The Bertz CT molecular complexity index is 245. The van der Waals surface area contributed by atoms with Crippen molar-refractivity contribution in [2.45, 2.75) is 26.2 Å². The van der Waals surface area contributed by atoms with Crippen molar-refractivity contribution in [3.05, 3.63) is 35.4 Å². The maximum absolute atomic E-state index is 2.32. The van der Waals surface area contributed by atoms with Crippen LogP contribution in [0.1, 0.15) is 30.4 Å². The van der Waals surface area contributed by atoms with Crippen molar-refractivity contribution in [2.24, 2.45) is 5.92 Å². The van der Waals surface area contributed by atoms with Gasteiger partial charge in [-0.1, -0.05) is 36.8 Å². The molecule has 0 bridgehead atoms. The van der Waals surface area contributed by atoms with E-state index in [1.165, 1.54) is 17.5 Å². The summed E-state index contributed by atoms with van der Waals surface area (Å²) in [7, 11) is 0. The van der Waals surface area contributed by atoms with Crippen LogP contribution in [0.5, 0.6) is 0 Å². The zero-order valence-corrected chi connectivity index (χ0v) is 7.17. The van der Waals surface area contributed by atoms with Gasteiger partial charge in [0.1, 0.15) is 0 Å². The molecule has 0 aliphatic heterocycles. The summed E-state index contributed by atoms with van der Waals surface area (Å²) in [6.45, 7) is 4.46. The lowest BCUT2D eigenvalue weighted by Crippen LogP contribution is -1.80. The summed E-state index contributed by atoms with van der Waals surface area (Å²) in [5, 5.41) is 0. The molecule has 0 N–H and O–H groups in total. The summed E-state index contributed by atoms with van der Waals surface area (Å²) in [5.41, 5.74) is 2.89. The largest absolute Gasteiger partial charge is 0.0619 e. The molecule has 1 fully saturated rings. The van der Waals surface area contributed by atoms with E-state index in [1.807, 2.05) is 0 Å². The molecule has 2 atom stereocenters. The molecule has 1 saturated carbocycles. The second-order valence-corrected chi connectivity index (χ2v) is 3.73. The lowest BCUT2D eigenvalue weighted by molar-refractivity contribution is 0.914. The quantitative estimate of drug-likeness (QED) is 0.571. The van der Waals surface area contributed by atoms with Gasteiger partial charge in [-0.3, -0.25) is 0 Å². The predicted molar refractivity (Wildman–Crippen MR) is 47.7 cm³/mol. The lowest BCUT2D eigenvalue weighted by Gasteiger charge is -1.97. The number of hydrogen-bond donors (Lipinski definition) is 0. The van der Waals surface area contributed by atoms with E-state index in [0.29, 0.717) is 0 Å². The van der Waals surface area contributed by atoms with E-state index >= 15 is 0 Å². The fraction of sp³-hybridized carbons (Fsp3) is 0.455. The topological polar surface area (TPSA) is 0 Å². The van der Waals surface area contributed by atoms with Gasteiger partial charge < -0.3 is 0 Å². The van der Waals surface area contributed by atoms with Crippen molar-refractivity contribution in [1.29, 1.82) is 0 Å². The Hall–Kier alpha value is -0.780. The number of aryl methyl sites for hydroxylation is 1. The number of benzene rings is 1. The maximum Gasteiger partial charge on any atom is -0.0133 e. The molecular formula is C11H14. The molecule has 1 aliphatic rings. The third-order valence-electron chi connectivity index (χ3n) is 2.61. The second kappa shape index (κ2) is 2.37. The van der Waals surface area contributed by atoms with Crippen LogP contribution in [0.3, 0.4) is 0 Å². The van der Waals surface area contributed by atoms with Gasteiger partial charge in [-0.05, 0) is 30.7 Å². The van der Waals surface area contributed by atoms with Gasteiger partial charge in [0.2, 0.25) is 0 Å². The molecule has 1 aromatic carbocycles. The molecule has 0 aromatic heterocycles. The Labute approximate surface area is 68.3 Å². The van der Waals surface area contributed by atoms with Gasteiger partial charge in [-0.25, -0.2) is 0 Å². The Morgan fingerprint density at radius 3 is 2.18 bits per heavy atom. The van der Waals surface area contributed by atoms with Crippen LogP contribution in [0, 0.1) is 12.8 Å².